The van der Waals surface area contributed by atoms with Crippen molar-refractivity contribution in [2.24, 2.45) is 5.92 Å². The lowest BCUT2D eigenvalue weighted by Crippen LogP contribution is -2.51. The van der Waals surface area contributed by atoms with Crippen molar-refractivity contribution in [3.8, 4) is 5.75 Å². The van der Waals surface area contributed by atoms with E-state index >= 15 is 0 Å². The molecule has 0 spiro atoms. The maximum absolute atomic E-state index is 13.0. The molecule has 2 aliphatic heterocycles. The molecule has 1 unspecified atom stereocenters. The number of piperazine rings is 1. The second-order valence-electron chi connectivity index (χ2n) is 7.92. The van der Waals surface area contributed by atoms with Crippen LogP contribution in [-0.2, 0) is 11.2 Å². The highest BCUT2D eigenvalue weighted by Gasteiger charge is 2.31. The van der Waals surface area contributed by atoms with Gasteiger partial charge in [0.05, 0.1) is 5.92 Å². The normalized spacial score (nSPS) is 17.9. The number of para-hydroxylation sites is 1. The first kappa shape index (κ1) is 20.6. The van der Waals surface area contributed by atoms with Crippen LogP contribution in [0.5, 0.6) is 5.75 Å². The highest BCUT2D eigenvalue weighted by Crippen LogP contribution is 2.28. The van der Waals surface area contributed by atoms with Crippen molar-refractivity contribution in [2.75, 3.05) is 42.4 Å². The third-order valence-corrected chi connectivity index (χ3v) is 6.70. The first-order valence-corrected chi connectivity index (χ1v) is 11.6. The first-order valence-electron chi connectivity index (χ1n) is 10.8. The van der Waals surface area contributed by atoms with E-state index in [4.69, 9.17) is 4.74 Å². The molecular weight excluding hydrogens is 422 g/mol. The Hall–Kier alpha value is -3.26. The minimum absolute atomic E-state index is 0.0878. The molecule has 1 saturated heterocycles. The number of anilines is 2. The molecule has 5 rings (SSSR count). The Morgan fingerprint density at radius 2 is 1.84 bits per heavy atom. The van der Waals surface area contributed by atoms with Gasteiger partial charge >= 0.3 is 0 Å². The molecule has 0 bridgehead atoms. The zero-order valence-electron chi connectivity index (χ0n) is 17.7. The Labute approximate surface area is 191 Å². The highest BCUT2D eigenvalue weighted by molar-refractivity contribution is 8.00. The highest BCUT2D eigenvalue weighted by atomic mass is 32.2. The lowest BCUT2D eigenvalue weighted by molar-refractivity contribution is -0.137. The predicted octanol–water partition coefficient (Wildman–Crippen LogP) is 3.50. The number of amides is 1. The van der Waals surface area contributed by atoms with E-state index in [1.165, 1.54) is 24.0 Å². The summed E-state index contributed by atoms with van der Waals surface area (Å²) in [5.41, 5.74) is 2.31. The van der Waals surface area contributed by atoms with Crippen molar-refractivity contribution in [2.45, 2.75) is 11.3 Å². The number of carbonyl (C=O) groups is 1. The largest absolute Gasteiger partial charge is 0.492 e. The number of nitrogens with one attached hydrogen (secondary N) is 1. The molecule has 1 N–H and O–H groups in total. The predicted molar refractivity (Wildman–Crippen MR) is 126 cm³/mol. The molecular formula is C24H25N5O2S. The molecule has 8 heteroatoms. The molecule has 164 valence electrons. The number of nitrogens with zero attached hydrogens (tertiary/aromatic N) is 4. The van der Waals surface area contributed by atoms with Gasteiger partial charge in [-0.3, -0.25) is 4.79 Å². The molecule has 1 fully saturated rings. The number of fused-ring (bicyclic) bond motifs is 1. The minimum Gasteiger partial charge on any atom is -0.492 e. The summed E-state index contributed by atoms with van der Waals surface area (Å²) in [5, 5.41) is 0. The number of carbonyl (C=O) groups excluding carboxylic acids is 1. The van der Waals surface area contributed by atoms with Gasteiger partial charge < -0.3 is 19.3 Å². The van der Waals surface area contributed by atoms with Crippen molar-refractivity contribution < 1.29 is 9.53 Å². The van der Waals surface area contributed by atoms with Gasteiger partial charge in [0.1, 0.15) is 24.5 Å². The molecule has 3 heterocycles. The summed E-state index contributed by atoms with van der Waals surface area (Å²) >= 11 is 1.52. The fraction of sp³-hybridized carbons (Fsp3) is 0.292. The first-order chi connectivity index (χ1) is 15.8. The smallest absolute Gasteiger partial charge is 0.229 e. The molecule has 1 atom stereocenters. The van der Waals surface area contributed by atoms with Crippen LogP contribution < -0.4 is 14.4 Å². The number of hydrogen-bond acceptors (Lipinski definition) is 7. The summed E-state index contributed by atoms with van der Waals surface area (Å²) in [5.74, 6) is 1.81. The van der Waals surface area contributed by atoms with Crippen molar-refractivity contribution in [1.82, 2.24) is 14.9 Å². The zero-order chi connectivity index (χ0) is 21.8. The van der Waals surface area contributed by atoms with Gasteiger partial charge in [-0.15, -0.1) is 0 Å². The van der Waals surface area contributed by atoms with E-state index < -0.39 is 0 Å². The van der Waals surface area contributed by atoms with Crippen LogP contribution in [0.2, 0.25) is 0 Å². The van der Waals surface area contributed by atoms with E-state index in [0.29, 0.717) is 6.61 Å². The lowest BCUT2D eigenvalue weighted by atomic mass is 9.95. The second-order valence-corrected chi connectivity index (χ2v) is 8.80. The van der Waals surface area contributed by atoms with E-state index in [2.05, 4.69) is 49.9 Å². The number of hydrogen-bond donors (Lipinski definition) is 1. The summed E-state index contributed by atoms with van der Waals surface area (Å²) in [4.78, 5) is 26.6. The number of aromatic nitrogens is 2. The molecule has 1 aromatic heterocycles. The van der Waals surface area contributed by atoms with Gasteiger partial charge in [-0.25, -0.2) is 9.97 Å². The maximum atomic E-state index is 13.0. The van der Waals surface area contributed by atoms with Gasteiger partial charge in [0.15, 0.2) is 0 Å². The summed E-state index contributed by atoms with van der Waals surface area (Å²) in [6, 6.07) is 18.3. The molecule has 2 aliphatic rings. The van der Waals surface area contributed by atoms with Crippen LogP contribution >= 0.6 is 11.9 Å². The van der Waals surface area contributed by atoms with Crippen molar-refractivity contribution in [3.63, 3.8) is 0 Å². The zero-order valence-corrected chi connectivity index (χ0v) is 18.5. The second kappa shape index (κ2) is 9.48. The van der Waals surface area contributed by atoms with Crippen LogP contribution in [0.15, 0.2) is 72.0 Å². The molecule has 3 aromatic rings. The van der Waals surface area contributed by atoms with E-state index in [9.17, 15) is 4.79 Å². The SMILES string of the molecule is O=C(C1COc2ccccc2C1)N1CCN(c2ccc(SNc3ccncn3)cc2)CC1. The Kier molecular flexibility index (Phi) is 6.11. The van der Waals surface area contributed by atoms with Crippen molar-refractivity contribution >= 4 is 29.4 Å². The summed E-state index contributed by atoms with van der Waals surface area (Å²) in [6.07, 6.45) is 4.00. The number of benzene rings is 2. The average molecular weight is 448 g/mol. The molecule has 2 aromatic carbocycles. The molecule has 7 nitrogen and oxygen atoms in total. The number of rotatable bonds is 5. The number of ether oxygens (including phenoxy) is 1. The van der Waals surface area contributed by atoms with Gasteiger partial charge in [0.25, 0.3) is 0 Å². The fourth-order valence-corrected chi connectivity index (χ4v) is 4.73. The Morgan fingerprint density at radius 1 is 1.03 bits per heavy atom. The molecule has 1 amide bonds. The third kappa shape index (κ3) is 4.65. The summed E-state index contributed by atoms with van der Waals surface area (Å²) in [6.45, 7) is 3.62. The molecule has 32 heavy (non-hydrogen) atoms. The standard InChI is InChI=1S/C24H25N5O2S/c30-24(19-15-18-3-1-2-4-22(18)31-16-19)29-13-11-28(12-14-29)20-5-7-21(8-6-20)32-27-23-9-10-25-17-26-23/h1-10,17,19H,11-16H2,(H,25,26,27). The van der Waals surface area contributed by atoms with Crippen LogP contribution in [0.1, 0.15) is 5.56 Å². The van der Waals surface area contributed by atoms with Gasteiger partial charge in [0, 0.05) is 43.0 Å². The van der Waals surface area contributed by atoms with Crippen LogP contribution in [-0.4, -0.2) is 53.6 Å². The van der Waals surface area contributed by atoms with Crippen molar-refractivity contribution in [1.29, 1.82) is 0 Å². The van der Waals surface area contributed by atoms with Gasteiger partial charge in [0.2, 0.25) is 5.91 Å². The van der Waals surface area contributed by atoms with Crippen molar-refractivity contribution in [3.05, 3.63) is 72.7 Å². The Balaban J connectivity index is 1.12. The summed E-state index contributed by atoms with van der Waals surface area (Å²) < 4.78 is 9.04. The van der Waals surface area contributed by atoms with Gasteiger partial charge in [-0.2, -0.15) is 0 Å². The van der Waals surface area contributed by atoms with Gasteiger partial charge in [-0.1, -0.05) is 18.2 Å². The third-order valence-electron chi connectivity index (χ3n) is 5.88. The van der Waals surface area contributed by atoms with E-state index in [1.54, 1.807) is 6.20 Å². The minimum atomic E-state index is -0.0878. The van der Waals surface area contributed by atoms with E-state index in [0.717, 1.165) is 54.6 Å². The topological polar surface area (TPSA) is 70.6 Å². The Bertz CT molecular complexity index is 1060. The molecule has 0 aliphatic carbocycles. The van der Waals surface area contributed by atoms with Gasteiger partial charge in [-0.05, 0) is 60.3 Å². The van der Waals surface area contributed by atoms with E-state index in [1.807, 2.05) is 29.2 Å². The maximum Gasteiger partial charge on any atom is 0.229 e. The molecule has 0 radical (unpaired) electrons. The van der Waals surface area contributed by atoms with Crippen LogP contribution in [0, 0.1) is 5.92 Å². The average Bonchev–Trinajstić information content (AvgIpc) is 2.88. The van der Waals surface area contributed by atoms with Crippen LogP contribution in [0.4, 0.5) is 11.5 Å². The monoisotopic (exact) mass is 447 g/mol. The Morgan fingerprint density at radius 3 is 2.62 bits per heavy atom. The fourth-order valence-electron chi connectivity index (χ4n) is 4.12. The molecule has 0 saturated carbocycles. The van der Waals surface area contributed by atoms with Crippen LogP contribution in [0.3, 0.4) is 0 Å². The van der Waals surface area contributed by atoms with E-state index in [-0.39, 0.29) is 11.8 Å². The lowest BCUT2D eigenvalue weighted by Gasteiger charge is -2.38. The summed E-state index contributed by atoms with van der Waals surface area (Å²) in [7, 11) is 0. The van der Waals surface area contributed by atoms with Crippen LogP contribution in [0.25, 0.3) is 0 Å². The quantitative estimate of drug-likeness (QED) is 0.601.